The lowest BCUT2D eigenvalue weighted by molar-refractivity contribution is 1.08. The van der Waals surface area contributed by atoms with Gasteiger partial charge in [0.2, 0.25) is 0 Å². The molecule has 0 saturated carbocycles. The Balaban J connectivity index is 1.11. The van der Waals surface area contributed by atoms with Crippen LogP contribution in [-0.2, 0) is 0 Å². The predicted octanol–water partition coefficient (Wildman–Crippen LogP) is 13.6. The third-order valence-electron chi connectivity index (χ3n) is 9.76. The normalized spacial score (nSPS) is 11.9. The van der Waals surface area contributed by atoms with Crippen molar-refractivity contribution in [2.45, 2.75) is 0 Å². The van der Waals surface area contributed by atoms with Gasteiger partial charge in [0.1, 0.15) is 0 Å². The first kappa shape index (κ1) is 29.0. The van der Waals surface area contributed by atoms with Gasteiger partial charge in [-0.25, -0.2) is 15.0 Å². The van der Waals surface area contributed by atoms with Crippen molar-refractivity contribution < 1.29 is 0 Å². The van der Waals surface area contributed by atoms with Gasteiger partial charge in [-0.05, 0) is 36.4 Å². The number of hydrogen-bond donors (Lipinski definition) is 0. The molecule has 0 unspecified atom stereocenters. The van der Waals surface area contributed by atoms with E-state index < -0.39 is 0 Å². The summed E-state index contributed by atoms with van der Waals surface area (Å²) >= 11 is 5.55. The van der Waals surface area contributed by atoms with Crippen LogP contribution < -0.4 is 0 Å². The summed E-state index contributed by atoms with van der Waals surface area (Å²) in [4.78, 5) is 15.4. The van der Waals surface area contributed by atoms with Gasteiger partial charge in [-0.1, -0.05) is 115 Å². The summed E-state index contributed by atoms with van der Waals surface area (Å²) in [5.41, 5.74) is 5.52. The number of benzene rings is 7. The van der Waals surface area contributed by atoms with Crippen LogP contribution in [0.15, 0.2) is 152 Å². The topological polar surface area (TPSA) is 38.7 Å². The van der Waals surface area contributed by atoms with Crippen LogP contribution >= 0.6 is 34.0 Å². The van der Waals surface area contributed by atoms with Gasteiger partial charge < -0.3 is 0 Å². The lowest BCUT2D eigenvalue weighted by Crippen LogP contribution is -2.00. The maximum atomic E-state index is 5.21. The molecule has 238 valence electrons. The zero-order valence-electron chi connectivity index (χ0n) is 27.0. The number of thiophene rings is 3. The van der Waals surface area contributed by atoms with E-state index in [4.69, 9.17) is 15.0 Å². The molecule has 0 bridgehead atoms. The summed E-state index contributed by atoms with van der Waals surface area (Å²) in [5, 5.41) is 7.52. The Labute approximate surface area is 304 Å². The molecular formula is C45H25N3S3. The fourth-order valence-electron chi connectivity index (χ4n) is 7.41. The van der Waals surface area contributed by atoms with Crippen molar-refractivity contribution >= 4 is 94.5 Å². The van der Waals surface area contributed by atoms with Crippen molar-refractivity contribution in [1.29, 1.82) is 0 Å². The van der Waals surface area contributed by atoms with E-state index in [1.54, 1.807) is 11.3 Å². The summed E-state index contributed by atoms with van der Waals surface area (Å²) in [6.45, 7) is 0. The Morgan fingerprint density at radius 2 is 0.843 bits per heavy atom. The largest absolute Gasteiger partial charge is 0.208 e. The number of fused-ring (bicyclic) bond motifs is 9. The van der Waals surface area contributed by atoms with Gasteiger partial charge in [0, 0.05) is 88.3 Å². The smallest absolute Gasteiger partial charge is 0.164 e. The average Bonchev–Trinajstić information content (AvgIpc) is 3.89. The maximum Gasteiger partial charge on any atom is 0.164 e. The highest BCUT2D eigenvalue weighted by Crippen LogP contribution is 2.46. The first-order valence-corrected chi connectivity index (χ1v) is 19.3. The van der Waals surface area contributed by atoms with Gasteiger partial charge in [-0.2, -0.15) is 0 Å². The van der Waals surface area contributed by atoms with Crippen molar-refractivity contribution in [3.05, 3.63) is 152 Å². The molecular weight excluding hydrogens is 679 g/mol. The van der Waals surface area contributed by atoms with Crippen molar-refractivity contribution in [1.82, 2.24) is 15.0 Å². The Kier molecular flexibility index (Phi) is 6.46. The molecule has 4 aromatic heterocycles. The second-order valence-corrected chi connectivity index (χ2v) is 15.9. The molecule has 0 radical (unpaired) electrons. The second-order valence-electron chi connectivity index (χ2n) is 12.7. The van der Waals surface area contributed by atoms with E-state index in [1.807, 2.05) is 40.9 Å². The lowest BCUT2D eigenvalue weighted by atomic mass is 10.00. The molecule has 0 N–H and O–H groups in total. The minimum atomic E-state index is 0.668. The third-order valence-corrected chi connectivity index (χ3v) is 13.3. The predicted molar refractivity (Wildman–Crippen MR) is 220 cm³/mol. The highest BCUT2D eigenvalue weighted by molar-refractivity contribution is 7.27. The molecule has 7 aromatic carbocycles. The Bertz CT molecular complexity index is 3150. The highest BCUT2D eigenvalue weighted by Gasteiger charge is 2.19. The van der Waals surface area contributed by atoms with E-state index in [0.717, 1.165) is 16.7 Å². The van der Waals surface area contributed by atoms with Crippen molar-refractivity contribution in [2.24, 2.45) is 0 Å². The van der Waals surface area contributed by atoms with Crippen molar-refractivity contribution in [3.8, 4) is 45.3 Å². The second kappa shape index (κ2) is 11.4. The van der Waals surface area contributed by atoms with E-state index >= 15 is 0 Å². The molecule has 3 nitrogen and oxygen atoms in total. The standard InChI is InChI=1S/C45H25N3S3/c1-2-11-26(12-3-1)43-46-44(48-45(47-43)34-19-10-22-39-40(34)33-14-5-7-21-37(33)49-39)27-23-24-38-35(25-27)32-18-9-17-31(42(32)51-38)30-16-8-15-29-28-13-4-6-20-36(28)50-41(29)30/h1-25H. The molecule has 11 aromatic rings. The number of nitrogens with zero attached hydrogens (tertiary/aromatic N) is 3. The zero-order valence-corrected chi connectivity index (χ0v) is 29.4. The molecule has 0 aliphatic heterocycles. The van der Waals surface area contributed by atoms with Gasteiger partial charge in [0.15, 0.2) is 17.5 Å². The van der Waals surface area contributed by atoms with Crippen LogP contribution in [0.4, 0.5) is 0 Å². The van der Waals surface area contributed by atoms with Gasteiger partial charge in [0.25, 0.3) is 0 Å². The lowest BCUT2D eigenvalue weighted by Gasteiger charge is -2.10. The van der Waals surface area contributed by atoms with Crippen LogP contribution in [-0.4, -0.2) is 15.0 Å². The molecule has 4 heterocycles. The minimum absolute atomic E-state index is 0.668. The summed E-state index contributed by atoms with van der Waals surface area (Å²) in [7, 11) is 0. The monoisotopic (exact) mass is 703 g/mol. The Morgan fingerprint density at radius 3 is 1.61 bits per heavy atom. The van der Waals surface area contributed by atoms with Crippen molar-refractivity contribution in [2.75, 3.05) is 0 Å². The van der Waals surface area contributed by atoms with Gasteiger partial charge in [-0.15, -0.1) is 34.0 Å². The molecule has 0 fully saturated rings. The first-order valence-electron chi connectivity index (χ1n) is 16.9. The van der Waals surface area contributed by atoms with E-state index in [0.29, 0.717) is 17.5 Å². The number of rotatable bonds is 4. The van der Waals surface area contributed by atoms with Gasteiger partial charge >= 0.3 is 0 Å². The average molecular weight is 704 g/mol. The van der Waals surface area contributed by atoms with Crippen LogP contribution in [0, 0.1) is 0 Å². The summed E-state index contributed by atoms with van der Waals surface area (Å²) in [5.74, 6) is 2.02. The molecule has 0 aliphatic carbocycles. The van der Waals surface area contributed by atoms with E-state index in [1.165, 1.54) is 71.6 Å². The van der Waals surface area contributed by atoms with Gasteiger partial charge in [0.05, 0.1) is 0 Å². The Hall–Kier alpha value is -5.79. The Morgan fingerprint density at radius 1 is 0.314 bits per heavy atom. The quantitative estimate of drug-likeness (QED) is 0.183. The fourth-order valence-corrected chi connectivity index (χ4v) is 11.0. The van der Waals surface area contributed by atoms with Crippen LogP contribution in [0.2, 0.25) is 0 Å². The molecule has 0 amide bonds. The highest BCUT2D eigenvalue weighted by atomic mass is 32.1. The molecule has 6 heteroatoms. The number of aromatic nitrogens is 3. The van der Waals surface area contributed by atoms with Gasteiger partial charge in [-0.3, -0.25) is 0 Å². The molecule has 11 rings (SSSR count). The van der Waals surface area contributed by atoms with Crippen LogP contribution in [0.1, 0.15) is 0 Å². The van der Waals surface area contributed by atoms with Crippen molar-refractivity contribution in [3.63, 3.8) is 0 Å². The molecule has 0 atom stereocenters. The summed E-state index contributed by atoms with van der Waals surface area (Å²) in [6, 6.07) is 54.1. The van der Waals surface area contributed by atoms with E-state index in [-0.39, 0.29) is 0 Å². The maximum absolute atomic E-state index is 5.21. The fraction of sp³-hybridized carbons (Fsp3) is 0. The summed E-state index contributed by atoms with van der Waals surface area (Å²) < 4.78 is 7.69. The molecule has 51 heavy (non-hydrogen) atoms. The molecule has 0 spiro atoms. The van der Waals surface area contributed by atoms with Crippen LogP contribution in [0.5, 0.6) is 0 Å². The summed E-state index contributed by atoms with van der Waals surface area (Å²) in [6.07, 6.45) is 0. The molecule has 0 saturated heterocycles. The minimum Gasteiger partial charge on any atom is -0.208 e. The first-order chi connectivity index (χ1) is 25.3. The number of hydrogen-bond acceptors (Lipinski definition) is 6. The SMILES string of the molecule is c1ccc(-c2nc(-c3ccc4sc5c(-c6cccc7c6sc6ccccc67)cccc5c4c3)nc(-c3cccc4sc5ccccc5c34)n2)cc1. The zero-order chi connectivity index (χ0) is 33.5. The molecule has 0 aliphatic rings. The van der Waals surface area contributed by atoms with E-state index in [9.17, 15) is 0 Å². The van der Waals surface area contributed by atoms with Crippen LogP contribution in [0.25, 0.3) is 106 Å². The van der Waals surface area contributed by atoms with E-state index in [2.05, 4.69) is 133 Å². The van der Waals surface area contributed by atoms with Crippen LogP contribution in [0.3, 0.4) is 0 Å². The third kappa shape index (κ3) is 4.58.